The molecule has 1 aliphatic heterocycles. The first-order chi connectivity index (χ1) is 25.7. The number of nitrogens with zero attached hydrogens (tertiary/aromatic N) is 3. The molecule has 4 amide bonds. The van der Waals surface area contributed by atoms with Crippen molar-refractivity contribution in [2.45, 2.75) is 51.0 Å². The Labute approximate surface area is 313 Å². The van der Waals surface area contributed by atoms with Crippen LogP contribution in [0.25, 0.3) is 0 Å². The number of anilines is 1. The molecular weight excluding hydrogens is 711 g/mol. The molecule has 1 saturated heterocycles. The van der Waals surface area contributed by atoms with Gasteiger partial charge in [0.2, 0.25) is 17.7 Å². The molecule has 10 N–H and O–H groups in total. The van der Waals surface area contributed by atoms with Crippen LogP contribution in [0, 0.1) is 0 Å². The number of hydrogen-bond donors (Lipinski definition) is 10. The second-order valence-corrected chi connectivity index (χ2v) is 12.9. The predicted octanol–water partition coefficient (Wildman–Crippen LogP) is -2.93. The molecule has 1 heterocycles. The summed E-state index contributed by atoms with van der Waals surface area (Å²) in [7, 11) is -1.66. The lowest BCUT2D eigenvalue weighted by Crippen LogP contribution is -2.52. The van der Waals surface area contributed by atoms with Gasteiger partial charge in [0.1, 0.15) is 6.04 Å². The van der Waals surface area contributed by atoms with Crippen molar-refractivity contribution < 1.29 is 58.9 Å². The number of carboxylic acids is 3. The van der Waals surface area contributed by atoms with Crippen LogP contribution in [0.5, 0.6) is 0 Å². The zero-order valence-electron chi connectivity index (χ0n) is 30.5. The van der Waals surface area contributed by atoms with Gasteiger partial charge in [-0.15, -0.1) is 0 Å². The number of likely N-dealkylation sites (tertiary alicyclic amines) is 1. The number of aliphatic carboxylic acids is 3. The lowest BCUT2D eigenvalue weighted by Gasteiger charge is -2.27. The van der Waals surface area contributed by atoms with Crippen molar-refractivity contribution in [3.63, 3.8) is 0 Å². The third-order valence-corrected chi connectivity index (χ3v) is 8.45. The normalized spacial score (nSPS) is 14.5. The van der Waals surface area contributed by atoms with Crippen LogP contribution < -0.4 is 26.6 Å². The van der Waals surface area contributed by atoms with Gasteiger partial charge in [0.05, 0.1) is 32.1 Å². The van der Waals surface area contributed by atoms with Gasteiger partial charge in [-0.3, -0.25) is 43.4 Å². The van der Waals surface area contributed by atoms with Gasteiger partial charge in [-0.25, -0.2) is 0 Å². The van der Waals surface area contributed by atoms with Crippen molar-refractivity contribution in [2.24, 2.45) is 0 Å². The Bertz CT molecular complexity index is 1400. The average Bonchev–Trinajstić information content (AvgIpc) is 3.60. The first-order valence-corrected chi connectivity index (χ1v) is 17.8. The molecule has 1 fully saturated rings. The number of carboxylic acid groups (broad SMARTS) is 3. The van der Waals surface area contributed by atoms with Crippen molar-refractivity contribution >= 4 is 54.3 Å². The summed E-state index contributed by atoms with van der Waals surface area (Å²) >= 11 is 0. The predicted molar refractivity (Wildman–Crippen MR) is 195 cm³/mol. The molecule has 1 aliphatic rings. The smallest absolute Gasteiger partial charge is 0.475 e. The van der Waals surface area contributed by atoms with E-state index in [4.69, 9.17) is 10.2 Å². The molecule has 1 aromatic rings. The minimum Gasteiger partial charge on any atom is -0.480 e. The molecule has 1 aromatic carbocycles. The maximum atomic E-state index is 12.8. The summed E-state index contributed by atoms with van der Waals surface area (Å²) in [6.45, 7) is 2.95. The van der Waals surface area contributed by atoms with Crippen LogP contribution >= 0.6 is 0 Å². The number of rotatable bonds is 27. The molecule has 20 nitrogen and oxygen atoms in total. The molecule has 21 heteroatoms. The summed E-state index contributed by atoms with van der Waals surface area (Å²) in [5.41, 5.74) is 0.726. The highest BCUT2D eigenvalue weighted by Gasteiger charge is 2.38. The molecule has 0 saturated carbocycles. The van der Waals surface area contributed by atoms with Crippen LogP contribution in [0.15, 0.2) is 24.3 Å². The Morgan fingerprint density at radius 3 is 1.94 bits per heavy atom. The Morgan fingerprint density at radius 1 is 0.796 bits per heavy atom. The summed E-state index contributed by atoms with van der Waals surface area (Å²) in [6.07, 6.45) is 2.23. The van der Waals surface area contributed by atoms with E-state index in [1.54, 1.807) is 21.9 Å². The molecule has 300 valence electrons. The van der Waals surface area contributed by atoms with E-state index in [9.17, 15) is 48.7 Å². The fourth-order valence-corrected chi connectivity index (χ4v) is 5.67. The molecule has 0 radical (unpaired) electrons. The van der Waals surface area contributed by atoms with Crippen LogP contribution in [0.2, 0.25) is 0 Å². The largest absolute Gasteiger partial charge is 0.480 e. The number of benzene rings is 1. The van der Waals surface area contributed by atoms with Crippen LogP contribution in [-0.2, 0) is 28.8 Å². The third kappa shape index (κ3) is 18.4. The van der Waals surface area contributed by atoms with E-state index in [2.05, 4.69) is 26.6 Å². The standard InChI is InChI=1S/C33H53BN8O12/c1-23(33(52)42-14-4-5-26(42)34(53)54)38-32(51)24-7-9-25(10-8-24)39-27(43)6-2-3-11-37-28(44)21-40(15-12-35-19-29(45)46)17-18-41(22-31(49)50)16-13-36-20-30(47)48/h7-10,23,26,35-36,53-54H,2-6,11-22H2,1H3,(H,37,44)(H,38,51)(H,39,43)(H,45,46)(H,47,48)(H,49,50)/t23-,26+/m1/s1. The van der Waals surface area contributed by atoms with Gasteiger partial charge >= 0.3 is 25.0 Å². The number of carbonyl (C=O) groups is 7. The van der Waals surface area contributed by atoms with Crippen molar-refractivity contribution in [1.82, 2.24) is 36.0 Å². The molecule has 2 rings (SSSR count). The minimum absolute atomic E-state index is 0.0383. The van der Waals surface area contributed by atoms with E-state index in [-0.39, 0.29) is 82.7 Å². The number of hydrogen-bond acceptors (Lipinski definition) is 13. The Morgan fingerprint density at radius 2 is 1.39 bits per heavy atom. The van der Waals surface area contributed by atoms with Gasteiger partial charge in [0.25, 0.3) is 5.91 Å². The number of amides is 4. The van der Waals surface area contributed by atoms with E-state index < -0.39 is 48.8 Å². The highest BCUT2D eigenvalue weighted by atomic mass is 16.4. The summed E-state index contributed by atoms with van der Waals surface area (Å²) < 4.78 is 0. The van der Waals surface area contributed by atoms with E-state index in [0.717, 1.165) is 0 Å². The third-order valence-electron chi connectivity index (χ3n) is 8.45. The van der Waals surface area contributed by atoms with Crippen molar-refractivity contribution in [1.29, 1.82) is 0 Å². The highest BCUT2D eigenvalue weighted by Crippen LogP contribution is 2.19. The van der Waals surface area contributed by atoms with Crippen LogP contribution in [0.1, 0.15) is 49.4 Å². The van der Waals surface area contributed by atoms with Crippen molar-refractivity contribution in [3.05, 3.63) is 29.8 Å². The summed E-state index contributed by atoms with van der Waals surface area (Å²) in [6, 6.07) is 5.23. The maximum Gasteiger partial charge on any atom is 0.475 e. The van der Waals surface area contributed by atoms with Crippen molar-refractivity contribution in [3.8, 4) is 0 Å². The molecule has 0 unspecified atom stereocenters. The Kier molecular flexibility index (Phi) is 20.7. The SMILES string of the molecule is C[C@@H](NC(=O)c1ccc(NC(=O)CCCCNC(=O)CN(CCNCC(=O)O)CCN(CCNCC(=O)O)CC(=O)O)cc1)C(=O)N1CCC[C@H]1B(O)O. The highest BCUT2D eigenvalue weighted by molar-refractivity contribution is 6.43. The molecule has 0 bridgehead atoms. The number of unbranched alkanes of at least 4 members (excludes halogenated alkanes) is 1. The van der Waals surface area contributed by atoms with Gasteiger partial charge in [-0.05, 0) is 56.9 Å². The van der Waals surface area contributed by atoms with E-state index in [1.165, 1.54) is 24.0 Å². The second kappa shape index (κ2) is 24.6. The zero-order valence-corrected chi connectivity index (χ0v) is 30.5. The van der Waals surface area contributed by atoms with Gasteiger partial charge in [0, 0.05) is 70.0 Å². The molecule has 0 aliphatic carbocycles. The van der Waals surface area contributed by atoms with Gasteiger partial charge < -0.3 is 56.9 Å². The summed E-state index contributed by atoms with van der Waals surface area (Å²) in [4.78, 5) is 88.3. The van der Waals surface area contributed by atoms with E-state index >= 15 is 0 Å². The minimum atomic E-state index is -1.66. The topological polar surface area (TPSA) is 291 Å². The molecule has 54 heavy (non-hydrogen) atoms. The molecule has 0 aromatic heterocycles. The van der Waals surface area contributed by atoms with E-state index in [0.29, 0.717) is 51.0 Å². The lowest BCUT2D eigenvalue weighted by molar-refractivity contribution is -0.139. The number of carbonyl (C=O) groups excluding carboxylic acids is 4. The summed E-state index contributed by atoms with van der Waals surface area (Å²) in [5, 5.41) is 59.6. The van der Waals surface area contributed by atoms with Crippen LogP contribution in [-0.4, -0.2) is 179 Å². The second-order valence-electron chi connectivity index (χ2n) is 12.9. The molecule has 2 atom stereocenters. The zero-order chi connectivity index (χ0) is 40.0. The van der Waals surface area contributed by atoms with Gasteiger partial charge in [-0.2, -0.15) is 0 Å². The van der Waals surface area contributed by atoms with E-state index in [1.807, 2.05) is 0 Å². The van der Waals surface area contributed by atoms with Crippen LogP contribution in [0.4, 0.5) is 5.69 Å². The summed E-state index contributed by atoms with van der Waals surface area (Å²) in [5.74, 6) is -5.34. The average molecular weight is 765 g/mol. The maximum absolute atomic E-state index is 12.8. The lowest BCUT2D eigenvalue weighted by atomic mass is 9.78. The Hall–Kier alpha value is -4.67. The number of nitrogens with one attached hydrogen (secondary N) is 5. The fraction of sp³-hybridized carbons (Fsp3) is 0.606. The van der Waals surface area contributed by atoms with Gasteiger partial charge in [0.15, 0.2) is 0 Å². The molecule has 0 spiro atoms. The molecular formula is C33H53BN8O12. The Balaban J connectivity index is 1.75. The monoisotopic (exact) mass is 764 g/mol. The first-order valence-electron chi connectivity index (χ1n) is 17.8. The van der Waals surface area contributed by atoms with Crippen molar-refractivity contribution in [2.75, 3.05) is 83.9 Å². The van der Waals surface area contributed by atoms with Crippen LogP contribution in [0.3, 0.4) is 0 Å². The quantitative estimate of drug-likeness (QED) is 0.0317. The van der Waals surface area contributed by atoms with Gasteiger partial charge in [-0.1, -0.05) is 0 Å². The fourth-order valence-electron chi connectivity index (χ4n) is 5.67. The first kappa shape index (κ1) is 45.5.